The standard InChI is InChI=1S/C15H27N5O/c1-4-8-16-13(21)7-10-18-15-12(6-3)14(17-9-5-2)19-11-20-15/h11H,4-10H2,1-3H3,(H,16,21)(H2,17,18,19,20). The van der Waals surface area contributed by atoms with Crippen molar-refractivity contribution in [1.29, 1.82) is 0 Å². The van der Waals surface area contributed by atoms with Crippen molar-refractivity contribution in [3.05, 3.63) is 11.9 Å². The van der Waals surface area contributed by atoms with Crippen LogP contribution in [0.1, 0.15) is 45.6 Å². The predicted octanol–water partition coefficient (Wildman–Crippen LogP) is 2.19. The highest BCUT2D eigenvalue weighted by atomic mass is 16.1. The van der Waals surface area contributed by atoms with E-state index in [-0.39, 0.29) is 5.91 Å². The van der Waals surface area contributed by atoms with E-state index in [4.69, 9.17) is 0 Å². The third-order valence-electron chi connectivity index (χ3n) is 3.06. The predicted molar refractivity (Wildman–Crippen MR) is 86.6 cm³/mol. The number of carbonyl (C=O) groups excluding carboxylic acids is 1. The Hall–Kier alpha value is -1.85. The number of anilines is 2. The number of carbonyl (C=O) groups is 1. The first-order chi connectivity index (χ1) is 10.2. The monoisotopic (exact) mass is 293 g/mol. The Balaban J connectivity index is 2.55. The van der Waals surface area contributed by atoms with Gasteiger partial charge in [-0.3, -0.25) is 4.79 Å². The Labute approximate surface area is 127 Å². The maximum atomic E-state index is 11.6. The average molecular weight is 293 g/mol. The largest absolute Gasteiger partial charge is 0.370 e. The molecule has 118 valence electrons. The molecule has 0 bridgehead atoms. The normalized spacial score (nSPS) is 10.2. The molecule has 1 aromatic heterocycles. The SMILES string of the molecule is CCCNC(=O)CCNc1ncnc(NCCC)c1CC. The van der Waals surface area contributed by atoms with Gasteiger partial charge in [-0.1, -0.05) is 20.8 Å². The highest BCUT2D eigenvalue weighted by molar-refractivity contribution is 5.76. The van der Waals surface area contributed by atoms with Crippen LogP contribution in [0.2, 0.25) is 0 Å². The molecule has 1 amide bonds. The molecule has 6 nitrogen and oxygen atoms in total. The molecule has 0 saturated carbocycles. The van der Waals surface area contributed by atoms with Crippen molar-refractivity contribution in [2.24, 2.45) is 0 Å². The first-order valence-electron chi connectivity index (χ1n) is 7.81. The summed E-state index contributed by atoms with van der Waals surface area (Å²) < 4.78 is 0. The fourth-order valence-corrected chi connectivity index (χ4v) is 1.94. The molecule has 1 heterocycles. The highest BCUT2D eigenvalue weighted by Gasteiger charge is 2.09. The molecular formula is C15H27N5O. The second-order valence-electron chi connectivity index (χ2n) is 4.86. The number of amides is 1. The summed E-state index contributed by atoms with van der Waals surface area (Å²) in [5.74, 6) is 1.77. The molecule has 3 N–H and O–H groups in total. The van der Waals surface area contributed by atoms with E-state index in [1.165, 1.54) is 0 Å². The Kier molecular flexibility index (Phi) is 8.16. The van der Waals surface area contributed by atoms with Crippen LogP contribution >= 0.6 is 0 Å². The molecular weight excluding hydrogens is 266 g/mol. The lowest BCUT2D eigenvalue weighted by atomic mass is 10.2. The minimum atomic E-state index is 0.0702. The van der Waals surface area contributed by atoms with Crippen molar-refractivity contribution in [3.63, 3.8) is 0 Å². The Bertz CT molecular complexity index is 436. The van der Waals surface area contributed by atoms with Crippen LogP contribution in [0.5, 0.6) is 0 Å². The first-order valence-corrected chi connectivity index (χ1v) is 7.81. The molecule has 21 heavy (non-hydrogen) atoms. The molecule has 0 radical (unpaired) electrons. The zero-order valence-electron chi connectivity index (χ0n) is 13.3. The van der Waals surface area contributed by atoms with E-state index < -0.39 is 0 Å². The van der Waals surface area contributed by atoms with Crippen molar-refractivity contribution < 1.29 is 4.79 Å². The summed E-state index contributed by atoms with van der Waals surface area (Å²) in [6, 6.07) is 0. The van der Waals surface area contributed by atoms with Crippen LogP contribution in [0.3, 0.4) is 0 Å². The second kappa shape index (κ2) is 9.96. The van der Waals surface area contributed by atoms with Gasteiger partial charge >= 0.3 is 0 Å². The summed E-state index contributed by atoms with van der Waals surface area (Å²) in [5.41, 5.74) is 1.07. The smallest absolute Gasteiger partial charge is 0.221 e. The van der Waals surface area contributed by atoms with E-state index in [9.17, 15) is 4.79 Å². The number of aromatic nitrogens is 2. The van der Waals surface area contributed by atoms with E-state index in [1.807, 2.05) is 6.92 Å². The van der Waals surface area contributed by atoms with Crippen LogP contribution < -0.4 is 16.0 Å². The van der Waals surface area contributed by atoms with Gasteiger partial charge in [0.05, 0.1) is 0 Å². The molecule has 0 atom stereocenters. The molecule has 6 heteroatoms. The van der Waals surface area contributed by atoms with Crippen molar-refractivity contribution in [2.75, 3.05) is 30.3 Å². The lowest BCUT2D eigenvalue weighted by Crippen LogP contribution is -2.26. The lowest BCUT2D eigenvalue weighted by molar-refractivity contribution is -0.120. The average Bonchev–Trinajstić information content (AvgIpc) is 2.50. The van der Waals surface area contributed by atoms with Gasteiger partial charge in [-0.05, 0) is 19.3 Å². The fraction of sp³-hybridized carbons (Fsp3) is 0.667. The Morgan fingerprint density at radius 2 is 1.62 bits per heavy atom. The summed E-state index contributed by atoms with van der Waals surface area (Å²) in [4.78, 5) is 20.1. The zero-order chi connectivity index (χ0) is 15.5. The van der Waals surface area contributed by atoms with Gasteiger partial charge in [0, 0.05) is 31.6 Å². The highest BCUT2D eigenvalue weighted by Crippen LogP contribution is 2.20. The Morgan fingerprint density at radius 3 is 2.19 bits per heavy atom. The van der Waals surface area contributed by atoms with Gasteiger partial charge in [0.15, 0.2) is 0 Å². The number of nitrogens with zero attached hydrogens (tertiary/aromatic N) is 2. The molecule has 1 rings (SSSR count). The van der Waals surface area contributed by atoms with Crippen LogP contribution in [-0.2, 0) is 11.2 Å². The molecule has 0 fully saturated rings. The van der Waals surface area contributed by atoms with E-state index in [2.05, 4.69) is 39.8 Å². The van der Waals surface area contributed by atoms with Crippen LogP contribution in [0, 0.1) is 0 Å². The summed E-state index contributed by atoms with van der Waals surface area (Å²) in [5, 5.41) is 9.41. The zero-order valence-corrected chi connectivity index (χ0v) is 13.3. The quantitative estimate of drug-likeness (QED) is 0.616. The fourth-order valence-electron chi connectivity index (χ4n) is 1.94. The number of nitrogens with one attached hydrogen (secondary N) is 3. The van der Waals surface area contributed by atoms with Gasteiger partial charge < -0.3 is 16.0 Å². The molecule has 0 aliphatic carbocycles. The van der Waals surface area contributed by atoms with Crippen molar-refractivity contribution in [3.8, 4) is 0 Å². The molecule has 0 aromatic carbocycles. The Morgan fingerprint density at radius 1 is 1.00 bits per heavy atom. The van der Waals surface area contributed by atoms with E-state index in [0.717, 1.165) is 49.6 Å². The minimum absolute atomic E-state index is 0.0702. The van der Waals surface area contributed by atoms with Gasteiger partial charge in [-0.2, -0.15) is 0 Å². The third-order valence-corrected chi connectivity index (χ3v) is 3.06. The van der Waals surface area contributed by atoms with Crippen LogP contribution in [0.4, 0.5) is 11.6 Å². The van der Waals surface area contributed by atoms with Crippen LogP contribution in [-0.4, -0.2) is 35.5 Å². The minimum Gasteiger partial charge on any atom is -0.370 e. The van der Waals surface area contributed by atoms with Gasteiger partial charge in [0.1, 0.15) is 18.0 Å². The third kappa shape index (κ3) is 5.97. The maximum Gasteiger partial charge on any atom is 0.221 e. The first kappa shape index (κ1) is 17.2. The second-order valence-corrected chi connectivity index (χ2v) is 4.86. The lowest BCUT2D eigenvalue weighted by Gasteiger charge is -2.14. The van der Waals surface area contributed by atoms with Gasteiger partial charge in [-0.25, -0.2) is 9.97 Å². The van der Waals surface area contributed by atoms with Crippen molar-refractivity contribution in [1.82, 2.24) is 15.3 Å². The van der Waals surface area contributed by atoms with Crippen LogP contribution in [0.15, 0.2) is 6.33 Å². The summed E-state index contributed by atoms with van der Waals surface area (Å²) in [6.45, 7) is 8.44. The maximum absolute atomic E-state index is 11.6. The van der Waals surface area contributed by atoms with E-state index in [0.29, 0.717) is 13.0 Å². The van der Waals surface area contributed by atoms with Gasteiger partial charge in [-0.15, -0.1) is 0 Å². The van der Waals surface area contributed by atoms with Gasteiger partial charge in [0.25, 0.3) is 0 Å². The number of hydrogen-bond acceptors (Lipinski definition) is 5. The van der Waals surface area contributed by atoms with Crippen LogP contribution in [0.25, 0.3) is 0 Å². The van der Waals surface area contributed by atoms with Gasteiger partial charge in [0.2, 0.25) is 5.91 Å². The summed E-state index contributed by atoms with van der Waals surface area (Å²) in [6.07, 6.45) is 4.85. The topological polar surface area (TPSA) is 78.9 Å². The molecule has 1 aromatic rings. The number of rotatable bonds is 10. The molecule has 0 aliphatic rings. The van der Waals surface area contributed by atoms with E-state index >= 15 is 0 Å². The summed E-state index contributed by atoms with van der Waals surface area (Å²) in [7, 11) is 0. The number of hydrogen-bond donors (Lipinski definition) is 3. The van der Waals surface area contributed by atoms with E-state index in [1.54, 1.807) is 6.33 Å². The summed E-state index contributed by atoms with van der Waals surface area (Å²) >= 11 is 0. The van der Waals surface area contributed by atoms with Crippen molar-refractivity contribution in [2.45, 2.75) is 46.5 Å². The molecule has 0 spiro atoms. The van der Waals surface area contributed by atoms with Crippen molar-refractivity contribution >= 4 is 17.5 Å². The molecule has 0 saturated heterocycles. The molecule has 0 aliphatic heterocycles. The molecule has 0 unspecified atom stereocenters.